The third-order valence-electron chi connectivity index (χ3n) is 4.36. The first-order chi connectivity index (χ1) is 13.5. The third kappa shape index (κ3) is 4.76. The SMILES string of the molecule is CC(C)OCc1ccccc1CNC(=O)C(C)n1c(-c2cccs2)n[nH]c1=S. The second-order valence-electron chi connectivity index (χ2n) is 6.72. The minimum absolute atomic E-state index is 0.116. The number of carbonyl (C=O) groups excluding carboxylic acids is 1. The van der Waals surface area contributed by atoms with E-state index in [2.05, 4.69) is 15.5 Å². The maximum atomic E-state index is 12.8. The van der Waals surface area contributed by atoms with Crippen LogP contribution in [0.25, 0.3) is 10.7 Å². The summed E-state index contributed by atoms with van der Waals surface area (Å²) >= 11 is 6.91. The van der Waals surface area contributed by atoms with E-state index in [1.165, 1.54) is 0 Å². The molecule has 148 valence electrons. The molecule has 8 heteroatoms. The largest absolute Gasteiger partial charge is 0.374 e. The maximum Gasteiger partial charge on any atom is 0.243 e. The molecule has 0 aliphatic rings. The van der Waals surface area contributed by atoms with Gasteiger partial charge in [-0.1, -0.05) is 30.3 Å². The minimum atomic E-state index is -0.484. The molecule has 3 aromatic rings. The van der Waals surface area contributed by atoms with Gasteiger partial charge >= 0.3 is 0 Å². The van der Waals surface area contributed by atoms with E-state index in [-0.39, 0.29) is 12.0 Å². The smallest absolute Gasteiger partial charge is 0.243 e. The van der Waals surface area contributed by atoms with E-state index in [0.717, 1.165) is 16.0 Å². The minimum Gasteiger partial charge on any atom is -0.374 e. The number of nitrogens with zero attached hydrogens (tertiary/aromatic N) is 2. The molecule has 2 heterocycles. The fraction of sp³-hybridized carbons (Fsp3) is 0.350. The van der Waals surface area contributed by atoms with Crippen LogP contribution >= 0.6 is 23.6 Å². The van der Waals surface area contributed by atoms with E-state index in [9.17, 15) is 4.79 Å². The highest BCUT2D eigenvalue weighted by Crippen LogP contribution is 2.25. The van der Waals surface area contributed by atoms with E-state index >= 15 is 0 Å². The van der Waals surface area contributed by atoms with Crippen LogP contribution < -0.4 is 5.32 Å². The van der Waals surface area contributed by atoms with Gasteiger partial charge in [0.25, 0.3) is 0 Å². The van der Waals surface area contributed by atoms with E-state index in [4.69, 9.17) is 17.0 Å². The summed E-state index contributed by atoms with van der Waals surface area (Å²) in [7, 11) is 0. The topological polar surface area (TPSA) is 71.9 Å². The molecule has 28 heavy (non-hydrogen) atoms. The van der Waals surface area contributed by atoms with Gasteiger partial charge in [-0.3, -0.25) is 14.5 Å². The highest BCUT2D eigenvalue weighted by Gasteiger charge is 2.21. The Kier molecular flexibility index (Phi) is 6.77. The van der Waals surface area contributed by atoms with Crippen molar-refractivity contribution in [3.05, 3.63) is 57.7 Å². The van der Waals surface area contributed by atoms with Gasteiger partial charge in [-0.2, -0.15) is 5.10 Å². The number of thiophene rings is 1. The molecular formula is C20H24N4O2S2. The van der Waals surface area contributed by atoms with Gasteiger partial charge in [0.15, 0.2) is 10.6 Å². The van der Waals surface area contributed by atoms with Crippen LogP contribution in [0.4, 0.5) is 0 Å². The standard InChI is InChI=1S/C20H24N4O2S2/c1-13(2)26-12-16-8-5-4-7-15(16)11-21-19(25)14(3)24-18(22-23-20(24)27)17-9-6-10-28-17/h4-10,13-14H,11-12H2,1-3H3,(H,21,25)(H,23,27). The molecule has 1 aromatic carbocycles. The Morgan fingerprint density at radius 2 is 2.00 bits per heavy atom. The summed E-state index contributed by atoms with van der Waals surface area (Å²) in [5.74, 6) is 0.559. The number of nitrogens with one attached hydrogen (secondary N) is 2. The Balaban J connectivity index is 1.72. The van der Waals surface area contributed by atoms with Crippen LogP contribution in [-0.4, -0.2) is 26.8 Å². The van der Waals surface area contributed by atoms with Crippen LogP contribution in [0.1, 0.15) is 37.9 Å². The van der Waals surface area contributed by atoms with Gasteiger partial charge < -0.3 is 10.1 Å². The molecule has 0 bridgehead atoms. The first-order valence-electron chi connectivity index (χ1n) is 9.14. The maximum absolute atomic E-state index is 12.8. The number of H-pyrrole nitrogens is 1. The van der Waals surface area contributed by atoms with Gasteiger partial charge in [-0.15, -0.1) is 11.3 Å². The van der Waals surface area contributed by atoms with Crippen LogP contribution in [0, 0.1) is 4.77 Å². The van der Waals surface area contributed by atoms with Crippen LogP contribution in [-0.2, 0) is 22.7 Å². The fourth-order valence-corrected chi connectivity index (χ4v) is 3.82. The highest BCUT2D eigenvalue weighted by molar-refractivity contribution is 7.71. The molecule has 2 N–H and O–H groups in total. The molecule has 0 aliphatic carbocycles. The predicted octanol–water partition coefficient (Wildman–Crippen LogP) is 4.47. The van der Waals surface area contributed by atoms with E-state index in [0.29, 0.717) is 23.7 Å². The molecule has 1 amide bonds. The van der Waals surface area contributed by atoms with Crippen LogP contribution in [0.5, 0.6) is 0 Å². The number of aromatic nitrogens is 3. The van der Waals surface area contributed by atoms with Gasteiger partial charge in [0.1, 0.15) is 6.04 Å². The number of aromatic amines is 1. The summed E-state index contributed by atoms with van der Waals surface area (Å²) in [4.78, 5) is 13.8. The lowest BCUT2D eigenvalue weighted by Gasteiger charge is -2.17. The van der Waals surface area contributed by atoms with Crippen molar-refractivity contribution in [2.45, 2.75) is 46.1 Å². The summed E-state index contributed by atoms with van der Waals surface area (Å²) in [6.45, 7) is 6.79. The lowest BCUT2D eigenvalue weighted by Crippen LogP contribution is -2.31. The summed E-state index contributed by atoms with van der Waals surface area (Å²) in [6.07, 6.45) is 0.154. The van der Waals surface area contributed by atoms with Gasteiger partial charge in [0.05, 0.1) is 17.6 Å². The normalized spacial score (nSPS) is 12.3. The summed E-state index contributed by atoms with van der Waals surface area (Å²) in [5, 5.41) is 12.1. The average Bonchev–Trinajstić information content (AvgIpc) is 3.33. The molecule has 0 saturated heterocycles. The van der Waals surface area contributed by atoms with E-state index < -0.39 is 6.04 Å². The van der Waals surface area contributed by atoms with Crippen LogP contribution in [0.3, 0.4) is 0 Å². The molecule has 1 atom stereocenters. The van der Waals surface area contributed by atoms with Gasteiger partial charge in [-0.25, -0.2) is 0 Å². The number of hydrogen-bond acceptors (Lipinski definition) is 5. The second kappa shape index (κ2) is 9.27. The molecule has 1 unspecified atom stereocenters. The fourth-order valence-electron chi connectivity index (χ4n) is 2.82. The van der Waals surface area contributed by atoms with Crippen molar-refractivity contribution in [3.63, 3.8) is 0 Å². The number of ether oxygens (including phenoxy) is 1. The van der Waals surface area contributed by atoms with Crippen LogP contribution in [0.15, 0.2) is 41.8 Å². The van der Waals surface area contributed by atoms with Crippen molar-refractivity contribution in [1.82, 2.24) is 20.1 Å². The van der Waals surface area contributed by atoms with Crippen molar-refractivity contribution in [1.29, 1.82) is 0 Å². The van der Waals surface area contributed by atoms with E-state index in [1.807, 2.05) is 62.5 Å². The monoisotopic (exact) mass is 416 g/mol. The molecule has 0 saturated carbocycles. The van der Waals surface area contributed by atoms with Crippen molar-refractivity contribution in [3.8, 4) is 10.7 Å². The van der Waals surface area contributed by atoms with Crippen molar-refractivity contribution in [2.24, 2.45) is 0 Å². The van der Waals surface area contributed by atoms with E-state index in [1.54, 1.807) is 15.9 Å². The Hall–Kier alpha value is -2.29. The lowest BCUT2D eigenvalue weighted by molar-refractivity contribution is -0.124. The van der Waals surface area contributed by atoms with Crippen molar-refractivity contribution < 1.29 is 9.53 Å². The third-order valence-corrected chi connectivity index (χ3v) is 5.51. The zero-order chi connectivity index (χ0) is 20.1. The average molecular weight is 417 g/mol. The Morgan fingerprint density at radius 3 is 2.68 bits per heavy atom. The summed E-state index contributed by atoms with van der Waals surface area (Å²) < 4.78 is 7.89. The number of hydrogen-bond donors (Lipinski definition) is 2. The lowest BCUT2D eigenvalue weighted by atomic mass is 10.1. The van der Waals surface area contributed by atoms with Crippen LogP contribution in [0.2, 0.25) is 0 Å². The highest BCUT2D eigenvalue weighted by atomic mass is 32.1. The summed E-state index contributed by atoms with van der Waals surface area (Å²) in [5.41, 5.74) is 2.11. The quantitative estimate of drug-likeness (QED) is 0.532. The molecule has 3 rings (SSSR count). The summed E-state index contributed by atoms with van der Waals surface area (Å²) in [6, 6.07) is 11.4. The number of carbonyl (C=O) groups is 1. The second-order valence-corrected chi connectivity index (χ2v) is 8.06. The first-order valence-corrected chi connectivity index (χ1v) is 10.4. The first kappa shape index (κ1) is 20.4. The molecule has 0 radical (unpaired) electrons. The van der Waals surface area contributed by atoms with Gasteiger partial charge in [0.2, 0.25) is 5.91 Å². The number of amides is 1. The Bertz CT molecular complexity index is 976. The van der Waals surface area contributed by atoms with Gasteiger partial charge in [0, 0.05) is 6.54 Å². The predicted molar refractivity (Wildman–Crippen MR) is 114 cm³/mol. The zero-order valence-corrected chi connectivity index (χ0v) is 17.8. The van der Waals surface area contributed by atoms with Gasteiger partial charge in [-0.05, 0) is 55.6 Å². The molecule has 2 aromatic heterocycles. The number of rotatable bonds is 8. The number of benzene rings is 1. The molecular weight excluding hydrogens is 392 g/mol. The molecule has 0 spiro atoms. The Morgan fingerprint density at radius 1 is 1.25 bits per heavy atom. The van der Waals surface area contributed by atoms with Crippen molar-refractivity contribution in [2.75, 3.05) is 0 Å². The Labute approximate surface area is 173 Å². The molecule has 6 nitrogen and oxygen atoms in total. The molecule has 0 fully saturated rings. The van der Waals surface area contributed by atoms with Crippen molar-refractivity contribution >= 4 is 29.5 Å². The molecule has 0 aliphatic heterocycles. The zero-order valence-electron chi connectivity index (χ0n) is 16.1.